The lowest BCUT2D eigenvalue weighted by molar-refractivity contribution is -0.121. The van der Waals surface area contributed by atoms with Crippen LogP contribution in [0.2, 0.25) is 0 Å². The average Bonchev–Trinajstić information content (AvgIpc) is 3.36. The summed E-state index contributed by atoms with van der Waals surface area (Å²) in [5, 5.41) is 2.86. The Labute approximate surface area is 184 Å². The zero-order chi connectivity index (χ0) is 22.2. The highest BCUT2D eigenvalue weighted by Crippen LogP contribution is 2.25. The molecular formula is C25H20N4O3. The van der Waals surface area contributed by atoms with Gasteiger partial charge in [-0.15, -0.1) is 0 Å². The van der Waals surface area contributed by atoms with Crippen molar-refractivity contribution in [1.82, 2.24) is 9.97 Å². The average molecular weight is 424 g/mol. The number of amides is 3. The maximum absolute atomic E-state index is 12.6. The monoisotopic (exact) mass is 424 g/mol. The number of H-pyrrole nitrogens is 1. The van der Waals surface area contributed by atoms with E-state index in [1.807, 2.05) is 43.3 Å². The summed E-state index contributed by atoms with van der Waals surface area (Å²) < 4.78 is 0. The van der Waals surface area contributed by atoms with Crippen molar-refractivity contribution in [1.29, 1.82) is 0 Å². The first-order valence-electron chi connectivity index (χ1n) is 10.3. The summed E-state index contributed by atoms with van der Waals surface area (Å²) in [6.45, 7) is 2.04. The maximum Gasteiger partial charge on any atom is 0.255 e. The largest absolute Gasteiger partial charge is 0.338 e. The fourth-order valence-corrected chi connectivity index (χ4v) is 3.80. The fourth-order valence-electron chi connectivity index (χ4n) is 3.80. The molecule has 0 unspecified atom stereocenters. The molecule has 4 aromatic rings. The summed E-state index contributed by atoms with van der Waals surface area (Å²) in [4.78, 5) is 45.4. The predicted octanol–water partition coefficient (Wildman–Crippen LogP) is 4.44. The Hall–Kier alpha value is -4.26. The van der Waals surface area contributed by atoms with Gasteiger partial charge in [-0.2, -0.15) is 0 Å². The first kappa shape index (κ1) is 19.7. The predicted molar refractivity (Wildman–Crippen MR) is 122 cm³/mol. The van der Waals surface area contributed by atoms with E-state index in [0.29, 0.717) is 16.9 Å². The number of aromatic nitrogens is 2. The second-order valence-electron chi connectivity index (χ2n) is 7.81. The van der Waals surface area contributed by atoms with E-state index in [1.54, 1.807) is 24.3 Å². The number of hydrogen-bond donors (Lipinski definition) is 2. The van der Waals surface area contributed by atoms with E-state index >= 15 is 0 Å². The molecule has 3 amide bonds. The van der Waals surface area contributed by atoms with Gasteiger partial charge in [0.05, 0.1) is 16.7 Å². The number of aromatic amines is 1. The number of nitrogens with zero attached hydrogens (tertiary/aromatic N) is 2. The van der Waals surface area contributed by atoms with E-state index in [-0.39, 0.29) is 30.6 Å². The molecule has 1 fully saturated rings. The Morgan fingerprint density at radius 3 is 2.31 bits per heavy atom. The molecule has 2 heterocycles. The van der Waals surface area contributed by atoms with Gasteiger partial charge >= 0.3 is 0 Å². The number of rotatable bonds is 4. The minimum absolute atomic E-state index is 0.216. The Kier molecular flexibility index (Phi) is 4.78. The number of anilines is 2. The van der Waals surface area contributed by atoms with Crippen molar-refractivity contribution in [2.45, 2.75) is 19.8 Å². The van der Waals surface area contributed by atoms with E-state index < -0.39 is 0 Å². The highest BCUT2D eigenvalue weighted by Gasteiger charge is 2.30. The van der Waals surface area contributed by atoms with Gasteiger partial charge in [0.2, 0.25) is 11.8 Å². The maximum atomic E-state index is 12.6. The van der Waals surface area contributed by atoms with Crippen LogP contribution in [0.4, 0.5) is 11.4 Å². The number of aryl methyl sites for hydroxylation is 1. The van der Waals surface area contributed by atoms with E-state index in [1.165, 1.54) is 4.90 Å². The van der Waals surface area contributed by atoms with Crippen LogP contribution in [0, 0.1) is 6.92 Å². The topological polar surface area (TPSA) is 95.2 Å². The quantitative estimate of drug-likeness (QED) is 0.474. The SMILES string of the molecule is Cc1ccc2nc(-c3ccc(NC(=O)c4ccc(N5C(=O)CCC5=O)cc4)cc3)[nH]c2c1. The van der Waals surface area contributed by atoms with Gasteiger partial charge in [0.25, 0.3) is 5.91 Å². The molecule has 1 aromatic heterocycles. The Morgan fingerprint density at radius 1 is 0.938 bits per heavy atom. The van der Waals surface area contributed by atoms with Crippen LogP contribution in [-0.4, -0.2) is 27.7 Å². The minimum atomic E-state index is -0.275. The van der Waals surface area contributed by atoms with E-state index in [9.17, 15) is 14.4 Å². The van der Waals surface area contributed by atoms with Crippen LogP contribution in [0.1, 0.15) is 28.8 Å². The standard InChI is InChI=1S/C25H20N4O3/c1-15-2-11-20-21(14-15)28-24(27-20)16-3-7-18(8-4-16)26-25(32)17-5-9-19(10-6-17)29-22(30)12-13-23(29)31/h2-11,14H,12-13H2,1H3,(H,26,32)(H,27,28). The molecule has 0 radical (unpaired) electrons. The number of carbonyl (C=O) groups is 3. The number of imidazole rings is 1. The molecule has 3 aromatic carbocycles. The molecule has 0 aliphatic carbocycles. The van der Waals surface area contributed by atoms with Gasteiger partial charge in [-0.25, -0.2) is 4.98 Å². The van der Waals surface area contributed by atoms with Crippen LogP contribution in [0.15, 0.2) is 66.7 Å². The van der Waals surface area contributed by atoms with Gasteiger partial charge in [-0.05, 0) is 73.2 Å². The molecule has 7 nitrogen and oxygen atoms in total. The lowest BCUT2D eigenvalue weighted by atomic mass is 10.1. The number of benzene rings is 3. The number of nitrogens with one attached hydrogen (secondary N) is 2. The van der Waals surface area contributed by atoms with Crippen molar-refractivity contribution in [3.63, 3.8) is 0 Å². The second kappa shape index (κ2) is 7.77. The molecule has 158 valence electrons. The Bertz CT molecular complexity index is 1340. The van der Waals surface area contributed by atoms with Crippen LogP contribution in [0.3, 0.4) is 0 Å². The molecule has 0 bridgehead atoms. The molecule has 0 saturated carbocycles. The molecule has 0 atom stereocenters. The van der Waals surface area contributed by atoms with Crippen LogP contribution in [0.5, 0.6) is 0 Å². The van der Waals surface area contributed by atoms with Gasteiger partial charge in [0, 0.05) is 29.7 Å². The van der Waals surface area contributed by atoms with Crippen LogP contribution >= 0.6 is 0 Å². The Morgan fingerprint density at radius 2 is 1.62 bits per heavy atom. The molecule has 0 spiro atoms. The van der Waals surface area contributed by atoms with E-state index in [0.717, 1.165) is 28.0 Å². The van der Waals surface area contributed by atoms with Crippen molar-refractivity contribution in [3.05, 3.63) is 77.9 Å². The van der Waals surface area contributed by atoms with Crippen molar-refractivity contribution >= 4 is 40.1 Å². The first-order chi connectivity index (χ1) is 15.5. The third-order valence-electron chi connectivity index (χ3n) is 5.49. The zero-order valence-corrected chi connectivity index (χ0v) is 17.4. The van der Waals surface area contributed by atoms with Gasteiger partial charge in [0.1, 0.15) is 5.82 Å². The van der Waals surface area contributed by atoms with E-state index in [4.69, 9.17) is 0 Å². The van der Waals surface area contributed by atoms with Crippen molar-refractivity contribution in [2.24, 2.45) is 0 Å². The summed E-state index contributed by atoms with van der Waals surface area (Å²) in [5.74, 6) is 0.0615. The lowest BCUT2D eigenvalue weighted by Crippen LogP contribution is -2.28. The highest BCUT2D eigenvalue weighted by atomic mass is 16.2. The van der Waals surface area contributed by atoms with Gasteiger partial charge < -0.3 is 10.3 Å². The molecule has 7 heteroatoms. The van der Waals surface area contributed by atoms with Crippen LogP contribution in [0.25, 0.3) is 22.4 Å². The molecule has 32 heavy (non-hydrogen) atoms. The second-order valence-corrected chi connectivity index (χ2v) is 7.81. The number of fused-ring (bicyclic) bond motifs is 1. The third-order valence-corrected chi connectivity index (χ3v) is 5.49. The molecular weight excluding hydrogens is 404 g/mol. The molecule has 1 aliphatic rings. The van der Waals surface area contributed by atoms with Gasteiger partial charge in [-0.3, -0.25) is 19.3 Å². The summed E-state index contributed by atoms with van der Waals surface area (Å²) in [6.07, 6.45) is 0.454. The lowest BCUT2D eigenvalue weighted by Gasteiger charge is -2.14. The molecule has 1 aliphatic heterocycles. The van der Waals surface area contributed by atoms with E-state index in [2.05, 4.69) is 21.4 Å². The summed E-state index contributed by atoms with van der Waals surface area (Å²) in [6, 6.07) is 19.9. The summed E-state index contributed by atoms with van der Waals surface area (Å²) >= 11 is 0. The van der Waals surface area contributed by atoms with Crippen LogP contribution < -0.4 is 10.2 Å². The normalized spacial score (nSPS) is 13.7. The molecule has 2 N–H and O–H groups in total. The fraction of sp³-hybridized carbons (Fsp3) is 0.120. The molecule has 5 rings (SSSR count). The van der Waals surface area contributed by atoms with Crippen molar-refractivity contribution in [3.8, 4) is 11.4 Å². The third kappa shape index (κ3) is 3.65. The smallest absolute Gasteiger partial charge is 0.255 e. The summed E-state index contributed by atoms with van der Waals surface area (Å²) in [7, 11) is 0. The van der Waals surface area contributed by atoms with Crippen molar-refractivity contribution < 1.29 is 14.4 Å². The zero-order valence-electron chi connectivity index (χ0n) is 17.4. The van der Waals surface area contributed by atoms with Crippen molar-refractivity contribution in [2.75, 3.05) is 10.2 Å². The van der Waals surface area contributed by atoms with Gasteiger partial charge in [-0.1, -0.05) is 6.07 Å². The van der Waals surface area contributed by atoms with Gasteiger partial charge in [0.15, 0.2) is 0 Å². The minimum Gasteiger partial charge on any atom is -0.338 e. The number of imide groups is 1. The highest BCUT2D eigenvalue weighted by molar-refractivity contribution is 6.20. The number of carbonyl (C=O) groups excluding carboxylic acids is 3. The Balaban J connectivity index is 1.29. The van der Waals surface area contributed by atoms with Crippen LogP contribution in [-0.2, 0) is 9.59 Å². The first-order valence-corrected chi connectivity index (χ1v) is 10.3. The molecule has 1 saturated heterocycles. The number of hydrogen-bond acceptors (Lipinski definition) is 4. The summed E-state index contributed by atoms with van der Waals surface area (Å²) in [5.41, 5.74) is 5.55.